The molecule has 4 rings (SSSR count). The van der Waals surface area contributed by atoms with Crippen LogP contribution in [-0.4, -0.2) is 44.3 Å². The Balaban J connectivity index is 1.83. The Kier molecular flexibility index (Phi) is 6.48. The highest BCUT2D eigenvalue weighted by Crippen LogP contribution is 2.47. The van der Waals surface area contributed by atoms with Crippen molar-refractivity contribution < 1.29 is 26.3 Å². The van der Waals surface area contributed by atoms with Crippen LogP contribution in [0.3, 0.4) is 0 Å². The third-order valence-electron chi connectivity index (χ3n) is 6.21. The van der Waals surface area contributed by atoms with E-state index in [0.717, 1.165) is 0 Å². The second-order valence-electron chi connectivity index (χ2n) is 9.16. The monoisotopic (exact) mass is 546 g/mol. The first-order valence-electron chi connectivity index (χ1n) is 10.8. The zero-order valence-electron chi connectivity index (χ0n) is 18.6. The molecule has 0 amide bonds. The Morgan fingerprint density at radius 3 is 2.45 bits per heavy atom. The summed E-state index contributed by atoms with van der Waals surface area (Å²) in [5.41, 5.74) is 0.295. The van der Waals surface area contributed by atoms with E-state index in [2.05, 4.69) is 15.9 Å². The molecule has 2 aromatic rings. The molecule has 0 saturated heterocycles. The summed E-state index contributed by atoms with van der Waals surface area (Å²) in [6.07, 6.45) is -0.0998. The van der Waals surface area contributed by atoms with E-state index in [9.17, 15) is 21.6 Å². The number of hydrogen-bond acceptors (Lipinski definition) is 4. The van der Waals surface area contributed by atoms with Crippen molar-refractivity contribution in [2.75, 3.05) is 18.5 Å². The summed E-state index contributed by atoms with van der Waals surface area (Å²) in [4.78, 5) is 1.78. The van der Waals surface area contributed by atoms with Crippen LogP contribution in [0.15, 0.2) is 45.8 Å². The number of para-hydroxylation sites is 1. The van der Waals surface area contributed by atoms with Crippen LogP contribution in [-0.2, 0) is 10.0 Å². The van der Waals surface area contributed by atoms with Gasteiger partial charge in [-0.2, -0.15) is 4.31 Å². The van der Waals surface area contributed by atoms with Gasteiger partial charge in [0, 0.05) is 44.6 Å². The molecule has 1 aliphatic carbocycles. The predicted molar refractivity (Wildman–Crippen MR) is 124 cm³/mol. The standard InChI is InChI=1S/C23H26BrF3N2O3S/c1-14(2)8-15-13-29(16-11-23(26,27)12-16)19-10-21(32-20-7-5-4-6-18(20)25)17(24)9-22(19)33(30,31)28(15)3/h4-7,9-10,14-16H,8,11-13H2,1-3H3. The largest absolute Gasteiger partial charge is 0.453 e. The maximum atomic E-state index is 14.2. The summed E-state index contributed by atoms with van der Waals surface area (Å²) in [7, 11) is -2.38. The fourth-order valence-electron chi connectivity index (χ4n) is 4.43. The predicted octanol–water partition coefficient (Wildman–Crippen LogP) is 6.03. The lowest BCUT2D eigenvalue weighted by molar-refractivity contribution is -0.0862. The van der Waals surface area contributed by atoms with Gasteiger partial charge in [-0.25, -0.2) is 21.6 Å². The number of likely N-dealkylation sites (N-methyl/N-ethyl adjacent to an activating group) is 1. The van der Waals surface area contributed by atoms with Crippen molar-refractivity contribution in [2.45, 2.75) is 56.0 Å². The molecule has 0 N–H and O–H groups in total. The van der Waals surface area contributed by atoms with Crippen molar-refractivity contribution in [1.29, 1.82) is 0 Å². The third kappa shape index (κ3) is 4.74. The van der Waals surface area contributed by atoms with E-state index >= 15 is 0 Å². The normalized spacial score (nSPS) is 22.5. The highest BCUT2D eigenvalue weighted by molar-refractivity contribution is 9.10. The van der Waals surface area contributed by atoms with Gasteiger partial charge in [-0.3, -0.25) is 0 Å². The van der Waals surface area contributed by atoms with Gasteiger partial charge >= 0.3 is 0 Å². The fraction of sp³-hybridized carbons (Fsp3) is 0.478. The van der Waals surface area contributed by atoms with Crippen LogP contribution in [0.2, 0.25) is 0 Å². The van der Waals surface area contributed by atoms with Gasteiger partial charge in [0.1, 0.15) is 10.6 Å². The summed E-state index contributed by atoms with van der Waals surface area (Å²) < 4.78 is 76.2. The molecule has 2 aromatic carbocycles. The molecule has 33 heavy (non-hydrogen) atoms. The smallest absolute Gasteiger partial charge is 0.252 e. The Morgan fingerprint density at radius 1 is 1.18 bits per heavy atom. The topological polar surface area (TPSA) is 49.9 Å². The first-order chi connectivity index (χ1) is 15.4. The molecule has 1 heterocycles. The summed E-state index contributed by atoms with van der Waals surface area (Å²) in [6, 6.07) is 7.90. The summed E-state index contributed by atoms with van der Waals surface area (Å²) >= 11 is 3.35. The van der Waals surface area contributed by atoms with Crippen molar-refractivity contribution in [2.24, 2.45) is 5.92 Å². The number of ether oxygens (including phenoxy) is 1. The number of sulfonamides is 1. The van der Waals surface area contributed by atoms with Gasteiger partial charge < -0.3 is 9.64 Å². The number of benzene rings is 2. The highest BCUT2D eigenvalue weighted by Gasteiger charge is 2.50. The first-order valence-corrected chi connectivity index (χ1v) is 13.0. The van der Waals surface area contributed by atoms with Crippen molar-refractivity contribution in [3.05, 3.63) is 46.7 Å². The Morgan fingerprint density at radius 2 is 1.85 bits per heavy atom. The number of hydrogen-bond donors (Lipinski definition) is 0. The molecule has 0 bridgehead atoms. The third-order valence-corrected chi connectivity index (χ3v) is 8.77. The second kappa shape index (κ2) is 8.78. The number of fused-ring (bicyclic) bond motifs is 1. The van der Waals surface area contributed by atoms with Gasteiger partial charge in [-0.05, 0) is 46.5 Å². The Bertz CT molecular complexity index is 1150. The Hall–Kier alpha value is -1.78. The molecular formula is C23H26BrF3N2O3S. The van der Waals surface area contributed by atoms with E-state index in [1.165, 1.54) is 41.7 Å². The minimum Gasteiger partial charge on any atom is -0.453 e. The van der Waals surface area contributed by atoms with Gasteiger partial charge in [0.05, 0.1) is 10.2 Å². The summed E-state index contributed by atoms with van der Waals surface area (Å²) in [6.45, 7) is 4.27. The average molecular weight is 547 g/mol. The number of anilines is 1. The fourth-order valence-corrected chi connectivity index (χ4v) is 6.57. The average Bonchev–Trinajstić information content (AvgIpc) is 2.77. The van der Waals surface area contributed by atoms with Crippen LogP contribution in [0.5, 0.6) is 11.5 Å². The van der Waals surface area contributed by atoms with Crippen LogP contribution in [0.25, 0.3) is 0 Å². The highest BCUT2D eigenvalue weighted by atomic mass is 79.9. The van der Waals surface area contributed by atoms with E-state index in [0.29, 0.717) is 16.6 Å². The van der Waals surface area contributed by atoms with E-state index < -0.39 is 27.8 Å². The molecule has 1 saturated carbocycles. The SMILES string of the molecule is CC(C)CC1CN(C2CC(F)(F)C2)c2cc(Oc3ccccc3F)c(Br)cc2S(=O)(=O)N1C. The lowest BCUT2D eigenvalue weighted by Crippen LogP contribution is -2.54. The van der Waals surface area contributed by atoms with E-state index in [1.807, 2.05) is 13.8 Å². The molecule has 1 fully saturated rings. The molecule has 0 aromatic heterocycles. The van der Waals surface area contributed by atoms with Crippen molar-refractivity contribution >= 4 is 31.6 Å². The van der Waals surface area contributed by atoms with Gasteiger partial charge in [0.25, 0.3) is 5.92 Å². The second-order valence-corrected chi connectivity index (χ2v) is 12.0. The molecule has 0 spiro atoms. The van der Waals surface area contributed by atoms with E-state index in [4.69, 9.17) is 4.74 Å². The molecule has 5 nitrogen and oxygen atoms in total. The van der Waals surface area contributed by atoms with Gasteiger partial charge in [-0.15, -0.1) is 0 Å². The number of halogens is 4. The molecule has 1 unspecified atom stereocenters. The molecule has 1 atom stereocenters. The van der Waals surface area contributed by atoms with Crippen molar-refractivity contribution in [3.63, 3.8) is 0 Å². The van der Waals surface area contributed by atoms with E-state index in [1.54, 1.807) is 11.0 Å². The first kappa shape index (κ1) is 24.3. The number of nitrogens with zero attached hydrogens (tertiary/aromatic N) is 2. The molecule has 2 aliphatic rings. The van der Waals surface area contributed by atoms with Crippen LogP contribution >= 0.6 is 15.9 Å². The lowest BCUT2D eigenvalue weighted by atomic mass is 9.86. The van der Waals surface area contributed by atoms with Crippen molar-refractivity contribution in [1.82, 2.24) is 4.31 Å². The maximum absolute atomic E-state index is 14.2. The summed E-state index contributed by atoms with van der Waals surface area (Å²) in [5, 5.41) is 0. The quantitative estimate of drug-likeness (QED) is 0.459. The minimum atomic E-state index is -3.91. The molecule has 10 heteroatoms. The van der Waals surface area contributed by atoms with Gasteiger partial charge in [0.15, 0.2) is 11.6 Å². The molecule has 0 radical (unpaired) electrons. The van der Waals surface area contributed by atoms with Crippen LogP contribution in [0.1, 0.15) is 33.1 Å². The molecule has 180 valence electrons. The van der Waals surface area contributed by atoms with E-state index in [-0.39, 0.29) is 47.7 Å². The number of rotatable bonds is 5. The van der Waals surface area contributed by atoms with Crippen LogP contribution < -0.4 is 9.64 Å². The van der Waals surface area contributed by atoms with Gasteiger partial charge in [0.2, 0.25) is 10.0 Å². The summed E-state index contributed by atoms with van der Waals surface area (Å²) in [5.74, 6) is -2.94. The maximum Gasteiger partial charge on any atom is 0.252 e. The van der Waals surface area contributed by atoms with Crippen LogP contribution in [0.4, 0.5) is 18.9 Å². The lowest BCUT2D eigenvalue weighted by Gasteiger charge is -2.44. The Labute approximate surface area is 200 Å². The molecular weight excluding hydrogens is 521 g/mol. The number of alkyl halides is 2. The van der Waals surface area contributed by atoms with Crippen LogP contribution in [0, 0.1) is 11.7 Å². The zero-order chi connectivity index (χ0) is 24.1. The van der Waals surface area contributed by atoms with Gasteiger partial charge in [-0.1, -0.05) is 26.0 Å². The zero-order valence-corrected chi connectivity index (χ0v) is 21.0. The minimum absolute atomic E-state index is 0.0132. The van der Waals surface area contributed by atoms with Crippen molar-refractivity contribution in [3.8, 4) is 11.5 Å². The molecule has 1 aliphatic heterocycles.